The number of carbonyl (C=O) groups excluding carboxylic acids is 1. The SMILES string of the molecule is CCc1ccc([C@@H]2C3=C(Nc4c2c(=O)[nH]c(=O)n4CCOC)c2ccccc2C3=O)cc1. The van der Waals surface area contributed by atoms with Crippen LogP contribution in [0.3, 0.4) is 0 Å². The molecule has 1 atom stereocenters. The first-order valence-electron chi connectivity index (χ1n) is 10.6. The van der Waals surface area contributed by atoms with E-state index in [1.165, 1.54) is 4.57 Å². The molecule has 5 rings (SSSR count). The lowest BCUT2D eigenvalue weighted by Crippen LogP contribution is -2.38. The summed E-state index contributed by atoms with van der Waals surface area (Å²) in [5.74, 6) is -0.291. The first-order valence-corrected chi connectivity index (χ1v) is 10.6. The lowest BCUT2D eigenvalue weighted by molar-refractivity contribution is 0.103. The number of aromatic amines is 1. The number of fused-ring (bicyclic) bond motifs is 3. The summed E-state index contributed by atoms with van der Waals surface area (Å²) < 4.78 is 6.65. The Bertz CT molecular complexity index is 1380. The Morgan fingerprint density at radius 2 is 1.72 bits per heavy atom. The van der Waals surface area contributed by atoms with Crippen LogP contribution in [0.5, 0.6) is 0 Å². The number of nitrogens with one attached hydrogen (secondary N) is 2. The second kappa shape index (κ2) is 7.76. The number of hydrogen-bond donors (Lipinski definition) is 2. The number of ketones is 1. The first-order chi connectivity index (χ1) is 15.5. The molecule has 1 aromatic heterocycles. The van der Waals surface area contributed by atoms with Gasteiger partial charge in [-0.2, -0.15) is 0 Å². The number of hydrogen-bond acceptors (Lipinski definition) is 5. The minimum atomic E-state index is -0.592. The molecule has 1 aliphatic carbocycles. The smallest absolute Gasteiger partial charge is 0.330 e. The summed E-state index contributed by atoms with van der Waals surface area (Å²) in [4.78, 5) is 41.7. The van der Waals surface area contributed by atoms with Crippen molar-refractivity contribution in [3.8, 4) is 0 Å². The minimum absolute atomic E-state index is 0.104. The van der Waals surface area contributed by atoms with E-state index in [0.717, 1.165) is 23.1 Å². The maximum atomic E-state index is 13.5. The molecule has 2 aromatic carbocycles. The highest BCUT2D eigenvalue weighted by Gasteiger charge is 2.42. The van der Waals surface area contributed by atoms with Gasteiger partial charge in [-0.05, 0) is 17.5 Å². The maximum Gasteiger partial charge on any atom is 0.330 e. The molecular weight excluding hydrogens is 406 g/mol. The van der Waals surface area contributed by atoms with Gasteiger partial charge in [-0.3, -0.25) is 19.1 Å². The topological polar surface area (TPSA) is 93.2 Å². The zero-order chi connectivity index (χ0) is 22.4. The molecule has 2 heterocycles. The summed E-state index contributed by atoms with van der Waals surface area (Å²) in [5, 5.41) is 3.27. The average molecular weight is 429 g/mol. The van der Waals surface area contributed by atoms with E-state index < -0.39 is 17.2 Å². The third-order valence-electron chi connectivity index (χ3n) is 6.25. The van der Waals surface area contributed by atoms with E-state index in [9.17, 15) is 14.4 Å². The van der Waals surface area contributed by atoms with E-state index in [0.29, 0.717) is 34.8 Å². The Balaban J connectivity index is 1.80. The Kier molecular flexibility index (Phi) is 4.90. The fourth-order valence-corrected chi connectivity index (χ4v) is 4.64. The molecule has 3 aromatic rings. The molecule has 0 saturated carbocycles. The summed E-state index contributed by atoms with van der Waals surface area (Å²) in [6.07, 6.45) is 0.887. The number of Topliss-reactive ketones (excluding diaryl/α,β-unsaturated/α-hetero) is 1. The molecule has 7 heteroatoms. The van der Waals surface area contributed by atoms with Gasteiger partial charge in [-0.1, -0.05) is 55.5 Å². The highest BCUT2D eigenvalue weighted by molar-refractivity contribution is 6.23. The highest BCUT2D eigenvalue weighted by Crippen LogP contribution is 2.47. The van der Waals surface area contributed by atoms with E-state index >= 15 is 0 Å². The molecule has 2 N–H and O–H groups in total. The van der Waals surface area contributed by atoms with Crippen LogP contribution in [0.25, 0.3) is 5.70 Å². The van der Waals surface area contributed by atoms with Crippen molar-refractivity contribution in [1.29, 1.82) is 0 Å². The van der Waals surface area contributed by atoms with E-state index in [-0.39, 0.29) is 12.3 Å². The molecule has 0 radical (unpaired) electrons. The number of anilines is 1. The number of rotatable bonds is 5. The first kappa shape index (κ1) is 20.2. The predicted octanol–water partition coefficient (Wildman–Crippen LogP) is 2.91. The van der Waals surface area contributed by atoms with E-state index in [1.807, 2.05) is 42.5 Å². The molecule has 7 nitrogen and oxygen atoms in total. The van der Waals surface area contributed by atoms with Gasteiger partial charge in [0.25, 0.3) is 5.56 Å². The molecule has 0 fully saturated rings. The van der Waals surface area contributed by atoms with Crippen LogP contribution < -0.4 is 16.6 Å². The number of aryl methyl sites for hydroxylation is 1. The van der Waals surface area contributed by atoms with Crippen molar-refractivity contribution in [2.75, 3.05) is 19.0 Å². The van der Waals surface area contributed by atoms with Crippen LogP contribution in [0.4, 0.5) is 5.82 Å². The van der Waals surface area contributed by atoms with Gasteiger partial charge >= 0.3 is 5.69 Å². The lowest BCUT2D eigenvalue weighted by atomic mass is 9.81. The number of benzene rings is 2. The van der Waals surface area contributed by atoms with Crippen molar-refractivity contribution in [2.45, 2.75) is 25.8 Å². The molecule has 32 heavy (non-hydrogen) atoms. The van der Waals surface area contributed by atoms with Crippen molar-refractivity contribution in [3.05, 3.63) is 103 Å². The largest absolute Gasteiger partial charge is 0.383 e. The van der Waals surface area contributed by atoms with Gasteiger partial charge in [-0.15, -0.1) is 0 Å². The lowest BCUT2D eigenvalue weighted by Gasteiger charge is -2.29. The number of carbonyl (C=O) groups is 1. The van der Waals surface area contributed by atoms with Crippen LogP contribution in [-0.2, 0) is 17.7 Å². The van der Waals surface area contributed by atoms with Crippen LogP contribution in [0.15, 0.2) is 63.7 Å². The fraction of sp³-hybridized carbons (Fsp3) is 0.240. The number of allylic oxidation sites excluding steroid dienone is 1. The van der Waals surface area contributed by atoms with Crippen molar-refractivity contribution < 1.29 is 9.53 Å². The van der Waals surface area contributed by atoms with Crippen molar-refractivity contribution in [1.82, 2.24) is 9.55 Å². The number of aromatic nitrogens is 2. The molecular formula is C25H23N3O4. The zero-order valence-electron chi connectivity index (χ0n) is 17.9. The molecule has 0 bridgehead atoms. The van der Waals surface area contributed by atoms with Crippen molar-refractivity contribution >= 4 is 17.3 Å². The quantitative estimate of drug-likeness (QED) is 0.651. The van der Waals surface area contributed by atoms with Crippen LogP contribution in [0.2, 0.25) is 0 Å². The third kappa shape index (κ3) is 2.97. The summed E-state index contributed by atoms with van der Waals surface area (Å²) in [6.45, 7) is 2.64. The zero-order valence-corrected chi connectivity index (χ0v) is 17.9. The summed E-state index contributed by atoms with van der Waals surface area (Å²) >= 11 is 0. The van der Waals surface area contributed by atoms with Crippen LogP contribution >= 0.6 is 0 Å². The molecule has 2 aliphatic rings. The molecule has 0 spiro atoms. The predicted molar refractivity (Wildman–Crippen MR) is 122 cm³/mol. The molecule has 0 unspecified atom stereocenters. The minimum Gasteiger partial charge on any atom is -0.383 e. The van der Waals surface area contributed by atoms with Gasteiger partial charge in [-0.25, -0.2) is 4.79 Å². The Morgan fingerprint density at radius 3 is 2.41 bits per heavy atom. The molecule has 1 aliphatic heterocycles. The van der Waals surface area contributed by atoms with Crippen LogP contribution in [0, 0.1) is 0 Å². The molecule has 0 saturated heterocycles. The van der Waals surface area contributed by atoms with E-state index in [4.69, 9.17) is 4.74 Å². The number of ether oxygens (including phenoxy) is 1. The Morgan fingerprint density at radius 1 is 1.00 bits per heavy atom. The van der Waals surface area contributed by atoms with E-state index in [1.54, 1.807) is 13.2 Å². The van der Waals surface area contributed by atoms with Crippen LogP contribution in [0.1, 0.15) is 45.5 Å². The third-order valence-corrected chi connectivity index (χ3v) is 6.25. The summed E-state index contributed by atoms with van der Waals surface area (Å²) in [5.41, 5.74) is 3.91. The molecule has 0 amide bonds. The fourth-order valence-electron chi connectivity index (χ4n) is 4.64. The maximum absolute atomic E-state index is 13.5. The van der Waals surface area contributed by atoms with Gasteiger partial charge in [0, 0.05) is 29.7 Å². The van der Waals surface area contributed by atoms with Gasteiger partial charge in [0.1, 0.15) is 5.82 Å². The summed E-state index contributed by atoms with van der Waals surface area (Å²) in [6, 6.07) is 15.3. The number of H-pyrrole nitrogens is 1. The van der Waals surface area contributed by atoms with Gasteiger partial charge in [0.05, 0.1) is 24.4 Å². The number of nitrogens with zero attached hydrogens (tertiary/aromatic N) is 1. The van der Waals surface area contributed by atoms with Crippen LogP contribution in [-0.4, -0.2) is 29.1 Å². The van der Waals surface area contributed by atoms with Gasteiger partial charge in [0.15, 0.2) is 5.78 Å². The summed E-state index contributed by atoms with van der Waals surface area (Å²) in [7, 11) is 1.56. The highest BCUT2D eigenvalue weighted by atomic mass is 16.5. The Hall–Kier alpha value is -3.71. The van der Waals surface area contributed by atoms with Crippen molar-refractivity contribution in [3.63, 3.8) is 0 Å². The normalized spacial score (nSPS) is 16.4. The second-order valence-corrected chi connectivity index (χ2v) is 7.98. The van der Waals surface area contributed by atoms with Gasteiger partial charge < -0.3 is 10.1 Å². The monoisotopic (exact) mass is 429 g/mol. The second-order valence-electron chi connectivity index (χ2n) is 7.98. The van der Waals surface area contributed by atoms with Gasteiger partial charge in [0.2, 0.25) is 0 Å². The van der Waals surface area contributed by atoms with Crippen molar-refractivity contribution in [2.24, 2.45) is 0 Å². The standard InChI is InChI=1S/C25H23N3O4/c1-3-14-8-10-15(11-9-14)18-19-21(16-6-4-5-7-17(16)22(19)29)26-23-20(18)24(30)27-25(31)28(23)12-13-32-2/h4-11,18,26H,3,12-13H2,1-2H3,(H,27,30,31)/t18-/m1/s1. The Labute approximate surface area is 184 Å². The van der Waals surface area contributed by atoms with E-state index in [2.05, 4.69) is 17.2 Å². The number of methoxy groups -OCH3 is 1. The average Bonchev–Trinajstić information content (AvgIpc) is 3.10. The molecule has 162 valence electrons.